The van der Waals surface area contributed by atoms with Crippen LogP contribution < -0.4 is 4.74 Å². The number of aliphatic hydroxyl groups is 1. The number of carbonyl (C=O) groups is 2. The average molecular weight is 483 g/mol. The van der Waals surface area contributed by atoms with E-state index in [2.05, 4.69) is 0 Å². The summed E-state index contributed by atoms with van der Waals surface area (Å²) < 4.78 is 5.16. The molecular weight excluding hydrogens is 459 g/mol. The normalized spacial score (nSPS) is 18.3. The number of hydrogen-bond acceptors (Lipinski definition) is 6. The van der Waals surface area contributed by atoms with Gasteiger partial charge in [-0.2, -0.15) is 0 Å². The summed E-state index contributed by atoms with van der Waals surface area (Å²) in [5, 5.41) is 13.4. The minimum Gasteiger partial charge on any atom is -0.507 e. The van der Waals surface area contributed by atoms with E-state index in [0.717, 1.165) is 17.0 Å². The molecule has 2 aromatic rings. The Bertz CT molecular complexity index is 1020. The monoisotopic (exact) mass is 482 g/mol. The fraction of sp³-hybridized carbons (Fsp3) is 0.364. The maximum absolute atomic E-state index is 13.0. The first-order chi connectivity index (χ1) is 14.7. The SMILES string of the molecule is COc1c(Cl)cc(/C(O)=C2/C(=O)C(=O)N(CCCN(C)C)C2c2sccc2C)cc1Cl. The van der Waals surface area contributed by atoms with Crippen molar-refractivity contribution in [2.45, 2.75) is 19.4 Å². The lowest BCUT2D eigenvalue weighted by Crippen LogP contribution is -2.32. The first-order valence-corrected chi connectivity index (χ1v) is 11.3. The van der Waals surface area contributed by atoms with Gasteiger partial charge in [-0.15, -0.1) is 11.3 Å². The molecule has 31 heavy (non-hydrogen) atoms. The summed E-state index contributed by atoms with van der Waals surface area (Å²) in [6.45, 7) is 3.08. The van der Waals surface area contributed by atoms with Crippen LogP contribution in [0.15, 0.2) is 29.2 Å². The van der Waals surface area contributed by atoms with E-state index in [1.54, 1.807) is 4.90 Å². The number of carbonyl (C=O) groups excluding carboxylic acids is 2. The Hall–Kier alpha value is -2.06. The predicted octanol–water partition coefficient (Wildman–Crippen LogP) is 4.75. The van der Waals surface area contributed by atoms with Crippen molar-refractivity contribution in [3.63, 3.8) is 0 Å². The molecule has 0 bridgehead atoms. The van der Waals surface area contributed by atoms with E-state index in [1.165, 1.54) is 30.6 Å². The molecule has 1 unspecified atom stereocenters. The van der Waals surface area contributed by atoms with E-state index in [4.69, 9.17) is 27.9 Å². The van der Waals surface area contributed by atoms with Crippen LogP contribution in [0.1, 0.15) is 28.5 Å². The highest BCUT2D eigenvalue weighted by molar-refractivity contribution is 7.10. The number of aryl methyl sites for hydroxylation is 1. The first-order valence-electron chi connectivity index (χ1n) is 9.67. The molecular formula is C22H24Cl2N2O4S. The highest BCUT2D eigenvalue weighted by Crippen LogP contribution is 2.44. The van der Waals surface area contributed by atoms with Gasteiger partial charge in [-0.05, 0) is 63.1 Å². The standard InChI is InChI=1S/C22H24Cl2N2O4S/c1-12-6-9-31-21(12)17-16(19(28)22(29)26(17)8-5-7-25(2)3)18(27)13-10-14(23)20(30-4)15(24)11-13/h6,9-11,17,27H,5,7-8H2,1-4H3/b18-16-. The van der Waals surface area contributed by atoms with Gasteiger partial charge in [0.1, 0.15) is 5.76 Å². The van der Waals surface area contributed by atoms with Gasteiger partial charge >= 0.3 is 0 Å². The van der Waals surface area contributed by atoms with Gasteiger partial charge in [0, 0.05) is 17.0 Å². The molecule has 1 amide bonds. The van der Waals surface area contributed by atoms with Crippen LogP contribution in [0.5, 0.6) is 5.75 Å². The molecule has 0 aliphatic carbocycles. The number of aliphatic hydroxyl groups excluding tert-OH is 1. The largest absolute Gasteiger partial charge is 0.507 e. The van der Waals surface area contributed by atoms with Gasteiger partial charge in [0.05, 0.1) is 28.8 Å². The molecule has 1 aromatic carbocycles. The second kappa shape index (κ2) is 9.61. The number of rotatable bonds is 7. The summed E-state index contributed by atoms with van der Waals surface area (Å²) in [6.07, 6.45) is 0.696. The second-order valence-corrected chi connectivity index (χ2v) is 9.35. The molecule has 0 saturated carbocycles. The number of methoxy groups -OCH3 is 1. The molecule has 1 atom stereocenters. The van der Waals surface area contributed by atoms with Crippen LogP contribution in [-0.2, 0) is 9.59 Å². The number of thiophene rings is 1. The molecule has 2 heterocycles. The third-order valence-corrected chi connectivity index (χ3v) is 6.80. The van der Waals surface area contributed by atoms with Crippen molar-refractivity contribution < 1.29 is 19.4 Å². The number of halogens is 2. The molecule has 166 valence electrons. The number of amides is 1. The summed E-state index contributed by atoms with van der Waals surface area (Å²) >= 11 is 13.9. The number of likely N-dealkylation sites (tertiary alicyclic amines) is 1. The van der Waals surface area contributed by atoms with Crippen molar-refractivity contribution in [1.82, 2.24) is 9.80 Å². The van der Waals surface area contributed by atoms with Crippen LogP contribution in [0.2, 0.25) is 10.0 Å². The Morgan fingerprint density at radius 3 is 2.42 bits per heavy atom. The fourth-order valence-corrected chi connectivity index (χ4v) is 5.34. The Labute approximate surface area is 195 Å². The predicted molar refractivity (Wildman–Crippen MR) is 124 cm³/mol. The molecule has 1 aliphatic heterocycles. The molecule has 1 aliphatic rings. The van der Waals surface area contributed by atoms with Gasteiger partial charge in [0.2, 0.25) is 0 Å². The molecule has 0 radical (unpaired) electrons. The zero-order chi connectivity index (χ0) is 22.9. The van der Waals surface area contributed by atoms with E-state index in [0.29, 0.717) is 13.0 Å². The quantitative estimate of drug-likeness (QED) is 0.350. The summed E-state index contributed by atoms with van der Waals surface area (Å²) in [7, 11) is 5.34. The van der Waals surface area contributed by atoms with Crippen molar-refractivity contribution >= 4 is 52.0 Å². The summed E-state index contributed by atoms with van der Waals surface area (Å²) in [6, 6.07) is 4.21. The maximum Gasteiger partial charge on any atom is 0.295 e. The lowest BCUT2D eigenvalue weighted by atomic mass is 9.98. The number of benzene rings is 1. The molecule has 0 spiro atoms. The number of Topliss-reactive ketones (excluding diaryl/α,β-unsaturated/α-hetero) is 1. The Balaban J connectivity index is 2.13. The van der Waals surface area contributed by atoms with Crippen LogP contribution in [0, 0.1) is 6.92 Å². The highest BCUT2D eigenvalue weighted by Gasteiger charge is 2.46. The topological polar surface area (TPSA) is 70.1 Å². The van der Waals surface area contributed by atoms with Crippen molar-refractivity contribution in [2.24, 2.45) is 0 Å². The van der Waals surface area contributed by atoms with Gasteiger partial charge in [-0.1, -0.05) is 23.2 Å². The lowest BCUT2D eigenvalue weighted by Gasteiger charge is -2.25. The number of ether oxygens (including phenoxy) is 1. The van der Waals surface area contributed by atoms with E-state index in [1.807, 2.05) is 37.4 Å². The second-order valence-electron chi connectivity index (χ2n) is 7.59. The molecule has 9 heteroatoms. The van der Waals surface area contributed by atoms with Gasteiger partial charge in [-0.3, -0.25) is 9.59 Å². The average Bonchev–Trinajstić information content (AvgIpc) is 3.22. The molecule has 1 N–H and O–H groups in total. The van der Waals surface area contributed by atoms with Crippen LogP contribution in [0.25, 0.3) is 5.76 Å². The summed E-state index contributed by atoms with van der Waals surface area (Å²) in [4.78, 5) is 30.4. The zero-order valence-corrected chi connectivity index (χ0v) is 20.1. The van der Waals surface area contributed by atoms with Crippen LogP contribution in [0.3, 0.4) is 0 Å². The lowest BCUT2D eigenvalue weighted by molar-refractivity contribution is -0.139. The third-order valence-electron chi connectivity index (χ3n) is 5.17. The molecule has 1 fully saturated rings. The smallest absolute Gasteiger partial charge is 0.295 e. The van der Waals surface area contributed by atoms with Crippen LogP contribution >= 0.6 is 34.5 Å². The molecule has 1 aromatic heterocycles. The van der Waals surface area contributed by atoms with E-state index in [9.17, 15) is 14.7 Å². The Morgan fingerprint density at radius 1 is 1.26 bits per heavy atom. The summed E-state index contributed by atoms with van der Waals surface area (Å²) in [5.41, 5.74) is 1.24. The fourth-order valence-electron chi connectivity index (χ4n) is 3.65. The van der Waals surface area contributed by atoms with Gasteiger partial charge in [0.15, 0.2) is 5.75 Å². The Morgan fingerprint density at radius 2 is 1.90 bits per heavy atom. The van der Waals surface area contributed by atoms with Crippen LogP contribution in [-0.4, -0.2) is 60.9 Å². The van der Waals surface area contributed by atoms with E-state index < -0.39 is 17.7 Å². The van der Waals surface area contributed by atoms with E-state index >= 15 is 0 Å². The molecule has 6 nitrogen and oxygen atoms in total. The van der Waals surface area contributed by atoms with Gasteiger partial charge < -0.3 is 19.6 Å². The maximum atomic E-state index is 13.0. The Kier molecular flexibility index (Phi) is 7.31. The van der Waals surface area contributed by atoms with Gasteiger partial charge in [0.25, 0.3) is 11.7 Å². The zero-order valence-electron chi connectivity index (χ0n) is 17.7. The van der Waals surface area contributed by atoms with Crippen molar-refractivity contribution in [3.8, 4) is 5.75 Å². The minimum atomic E-state index is -0.719. The number of nitrogens with zero attached hydrogens (tertiary/aromatic N) is 2. The minimum absolute atomic E-state index is 0.0395. The van der Waals surface area contributed by atoms with Crippen molar-refractivity contribution in [3.05, 3.63) is 55.2 Å². The number of hydrogen-bond donors (Lipinski definition) is 1. The molecule has 1 saturated heterocycles. The molecule has 3 rings (SSSR count). The summed E-state index contributed by atoms with van der Waals surface area (Å²) in [5.74, 6) is -1.38. The van der Waals surface area contributed by atoms with Crippen LogP contribution in [0.4, 0.5) is 0 Å². The first kappa shape index (κ1) is 23.6. The van der Waals surface area contributed by atoms with Crippen molar-refractivity contribution in [2.75, 3.05) is 34.3 Å². The van der Waals surface area contributed by atoms with Gasteiger partial charge in [-0.25, -0.2) is 0 Å². The van der Waals surface area contributed by atoms with E-state index in [-0.39, 0.29) is 32.7 Å². The highest BCUT2D eigenvalue weighted by atomic mass is 35.5. The number of ketones is 1. The van der Waals surface area contributed by atoms with Crippen molar-refractivity contribution in [1.29, 1.82) is 0 Å². The third kappa shape index (κ3) is 4.60.